The molecule has 1 aliphatic heterocycles. The van der Waals surface area contributed by atoms with Crippen LogP contribution in [0.1, 0.15) is 40.0 Å². The van der Waals surface area contributed by atoms with Crippen LogP contribution in [-0.4, -0.2) is 45.1 Å². The first-order valence-corrected chi connectivity index (χ1v) is 9.08. The van der Waals surface area contributed by atoms with Crippen molar-refractivity contribution in [2.45, 2.75) is 51.2 Å². The predicted octanol–water partition coefficient (Wildman–Crippen LogP) is 2.36. The number of rotatable bonds is 3. The van der Waals surface area contributed by atoms with E-state index in [9.17, 15) is 14.3 Å². The Labute approximate surface area is 157 Å². The molecule has 0 bridgehead atoms. The van der Waals surface area contributed by atoms with E-state index < -0.39 is 17.2 Å². The van der Waals surface area contributed by atoms with Crippen molar-refractivity contribution in [3.8, 4) is 0 Å². The highest BCUT2D eigenvalue weighted by Gasteiger charge is 2.36. The largest absolute Gasteiger partial charge is 0.460 e. The molecule has 0 amide bonds. The van der Waals surface area contributed by atoms with Crippen molar-refractivity contribution < 1.29 is 19.0 Å². The van der Waals surface area contributed by atoms with Crippen molar-refractivity contribution in [3.63, 3.8) is 0 Å². The lowest BCUT2D eigenvalue weighted by molar-refractivity contribution is -0.161. The number of nitrogen functional groups attached to an aromatic ring is 1. The number of esters is 1. The van der Waals surface area contributed by atoms with Gasteiger partial charge in [0.2, 0.25) is 0 Å². The summed E-state index contributed by atoms with van der Waals surface area (Å²) in [6.07, 6.45) is 0.659. The summed E-state index contributed by atoms with van der Waals surface area (Å²) in [6, 6.07) is 3.13. The molecule has 7 nitrogen and oxygen atoms in total. The van der Waals surface area contributed by atoms with E-state index >= 15 is 0 Å². The van der Waals surface area contributed by atoms with E-state index in [1.165, 1.54) is 6.07 Å². The SMILES string of the molecule is Cn1nc(N)c2cc(F)c(N3CCC(O)(CC(=O)OC(C)(C)C)CC3)cc21. The van der Waals surface area contributed by atoms with Gasteiger partial charge < -0.3 is 20.5 Å². The Morgan fingerprint density at radius 1 is 1.37 bits per heavy atom. The number of aliphatic hydroxyl groups is 1. The van der Waals surface area contributed by atoms with Gasteiger partial charge in [-0.1, -0.05) is 0 Å². The van der Waals surface area contributed by atoms with Crippen LogP contribution >= 0.6 is 0 Å². The van der Waals surface area contributed by atoms with Crippen LogP contribution < -0.4 is 10.6 Å². The summed E-state index contributed by atoms with van der Waals surface area (Å²) in [4.78, 5) is 13.9. The number of benzene rings is 1. The average molecular weight is 378 g/mol. The Balaban J connectivity index is 1.72. The van der Waals surface area contributed by atoms with E-state index in [1.54, 1.807) is 38.6 Å². The molecule has 0 atom stereocenters. The molecule has 1 fully saturated rings. The van der Waals surface area contributed by atoms with Crippen molar-refractivity contribution in [1.29, 1.82) is 0 Å². The van der Waals surface area contributed by atoms with Crippen LogP contribution in [-0.2, 0) is 16.6 Å². The lowest BCUT2D eigenvalue weighted by atomic mass is 9.88. The number of anilines is 2. The number of aryl methyl sites for hydroxylation is 1. The fourth-order valence-electron chi connectivity index (χ4n) is 3.52. The Morgan fingerprint density at radius 2 is 2.00 bits per heavy atom. The first-order valence-electron chi connectivity index (χ1n) is 9.08. The summed E-state index contributed by atoms with van der Waals surface area (Å²) in [5, 5.41) is 15.4. The molecule has 2 heterocycles. The summed E-state index contributed by atoms with van der Waals surface area (Å²) in [5.74, 6) is -0.500. The summed E-state index contributed by atoms with van der Waals surface area (Å²) in [7, 11) is 1.76. The van der Waals surface area contributed by atoms with E-state index in [0.717, 1.165) is 5.52 Å². The number of nitrogens with zero attached hydrogens (tertiary/aromatic N) is 3. The number of piperidine rings is 1. The van der Waals surface area contributed by atoms with E-state index in [-0.39, 0.29) is 12.2 Å². The number of aromatic nitrogens is 2. The van der Waals surface area contributed by atoms with Gasteiger partial charge in [-0.05, 0) is 45.7 Å². The van der Waals surface area contributed by atoms with Gasteiger partial charge in [0.15, 0.2) is 5.82 Å². The van der Waals surface area contributed by atoms with E-state index in [0.29, 0.717) is 42.8 Å². The maximum absolute atomic E-state index is 14.6. The van der Waals surface area contributed by atoms with Crippen LogP contribution in [0, 0.1) is 5.82 Å². The second-order valence-corrected chi connectivity index (χ2v) is 8.30. The third-order valence-electron chi connectivity index (χ3n) is 4.88. The molecule has 8 heteroatoms. The van der Waals surface area contributed by atoms with Crippen LogP contribution in [0.5, 0.6) is 0 Å². The molecule has 0 unspecified atom stereocenters. The molecule has 0 saturated carbocycles. The molecule has 2 aromatic rings. The number of carbonyl (C=O) groups is 1. The monoisotopic (exact) mass is 378 g/mol. The van der Waals surface area contributed by atoms with Gasteiger partial charge in [0.1, 0.15) is 11.4 Å². The normalized spacial score (nSPS) is 17.3. The van der Waals surface area contributed by atoms with Gasteiger partial charge in [-0.2, -0.15) is 5.10 Å². The highest BCUT2D eigenvalue weighted by molar-refractivity contribution is 5.91. The molecule has 1 aliphatic rings. The van der Waals surface area contributed by atoms with E-state index in [1.807, 2.05) is 4.90 Å². The molecule has 1 aromatic carbocycles. The van der Waals surface area contributed by atoms with Gasteiger partial charge in [0, 0.05) is 25.5 Å². The second kappa shape index (κ2) is 6.67. The van der Waals surface area contributed by atoms with Gasteiger partial charge >= 0.3 is 5.97 Å². The summed E-state index contributed by atoms with van der Waals surface area (Å²) < 4.78 is 21.5. The molecule has 3 rings (SSSR count). The number of halogens is 1. The zero-order valence-corrected chi connectivity index (χ0v) is 16.3. The van der Waals surface area contributed by atoms with Crippen LogP contribution in [0.2, 0.25) is 0 Å². The molecular formula is C19H27FN4O3. The highest BCUT2D eigenvalue weighted by Crippen LogP contribution is 2.33. The van der Waals surface area contributed by atoms with Crippen LogP contribution in [0.15, 0.2) is 12.1 Å². The van der Waals surface area contributed by atoms with Crippen molar-refractivity contribution in [3.05, 3.63) is 17.9 Å². The molecule has 0 radical (unpaired) electrons. The number of hydrogen-bond donors (Lipinski definition) is 2. The van der Waals surface area contributed by atoms with Gasteiger partial charge in [0.25, 0.3) is 0 Å². The number of hydrogen-bond acceptors (Lipinski definition) is 6. The van der Waals surface area contributed by atoms with Crippen molar-refractivity contribution in [2.75, 3.05) is 23.7 Å². The standard InChI is InChI=1S/C19H27FN4O3/c1-18(2,3)27-16(25)11-19(26)5-7-24(8-6-19)15-10-14-12(9-13(15)20)17(21)22-23(14)4/h9-10,26H,5-8,11H2,1-4H3,(H2,21,22). The van der Waals surface area contributed by atoms with Crippen LogP contribution in [0.25, 0.3) is 10.9 Å². The van der Waals surface area contributed by atoms with E-state index in [4.69, 9.17) is 10.5 Å². The van der Waals surface area contributed by atoms with Crippen LogP contribution in [0.3, 0.4) is 0 Å². The number of ether oxygens (including phenoxy) is 1. The lowest BCUT2D eigenvalue weighted by Gasteiger charge is -2.39. The molecule has 1 aromatic heterocycles. The lowest BCUT2D eigenvalue weighted by Crippen LogP contribution is -2.46. The van der Waals surface area contributed by atoms with Gasteiger partial charge in [0.05, 0.1) is 23.2 Å². The maximum Gasteiger partial charge on any atom is 0.309 e. The molecular weight excluding hydrogens is 351 g/mol. The first kappa shape index (κ1) is 19.4. The average Bonchev–Trinajstić information content (AvgIpc) is 2.79. The quantitative estimate of drug-likeness (QED) is 0.797. The predicted molar refractivity (Wildman–Crippen MR) is 102 cm³/mol. The first-order chi connectivity index (χ1) is 12.5. The van der Waals surface area contributed by atoms with Gasteiger partial charge in [-0.15, -0.1) is 0 Å². The molecule has 27 heavy (non-hydrogen) atoms. The Morgan fingerprint density at radius 3 is 2.59 bits per heavy atom. The smallest absolute Gasteiger partial charge is 0.309 e. The second-order valence-electron chi connectivity index (χ2n) is 8.30. The highest BCUT2D eigenvalue weighted by atomic mass is 19.1. The van der Waals surface area contributed by atoms with Crippen molar-refractivity contribution in [1.82, 2.24) is 9.78 Å². The zero-order valence-electron chi connectivity index (χ0n) is 16.3. The number of fused-ring (bicyclic) bond motifs is 1. The third-order valence-corrected chi connectivity index (χ3v) is 4.88. The molecule has 3 N–H and O–H groups in total. The minimum absolute atomic E-state index is 0.0576. The summed E-state index contributed by atoms with van der Waals surface area (Å²) in [6.45, 7) is 6.26. The Kier molecular flexibility index (Phi) is 4.80. The Bertz CT molecular complexity index is 864. The maximum atomic E-state index is 14.6. The topological polar surface area (TPSA) is 93.6 Å². The van der Waals surface area contributed by atoms with Gasteiger partial charge in [-0.3, -0.25) is 9.48 Å². The summed E-state index contributed by atoms with van der Waals surface area (Å²) >= 11 is 0. The zero-order chi connectivity index (χ0) is 20.0. The summed E-state index contributed by atoms with van der Waals surface area (Å²) in [5.41, 5.74) is 5.29. The molecule has 148 valence electrons. The minimum atomic E-state index is -1.13. The third kappa shape index (κ3) is 4.16. The number of carbonyl (C=O) groups excluding carboxylic acids is 1. The minimum Gasteiger partial charge on any atom is -0.460 e. The number of nitrogens with two attached hydrogens (primary N) is 1. The Hall–Kier alpha value is -2.35. The van der Waals surface area contributed by atoms with Gasteiger partial charge in [-0.25, -0.2) is 4.39 Å². The van der Waals surface area contributed by atoms with Crippen molar-refractivity contribution in [2.24, 2.45) is 7.05 Å². The fraction of sp³-hybridized carbons (Fsp3) is 0.579. The molecule has 1 saturated heterocycles. The van der Waals surface area contributed by atoms with Crippen molar-refractivity contribution >= 4 is 28.4 Å². The molecule has 0 aliphatic carbocycles. The van der Waals surface area contributed by atoms with E-state index in [2.05, 4.69) is 5.10 Å². The fourth-order valence-corrected chi connectivity index (χ4v) is 3.52. The van der Waals surface area contributed by atoms with Crippen LogP contribution in [0.4, 0.5) is 15.9 Å². The molecule has 0 spiro atoms.